The number of amides is 2. The minimum atomic E-state index is -3.83. The lowest BCUT2D eigenvalue weighted by Crippen LogP contribution is -2.60. The zero-order valence-electron chi connectivity index (χ0n) is 21.9. The van der Waals surface area contributed by atoms with Gasteiger partial charge in [0.2, 0.25) is 10.0 Å². The molecule has 3 heterocycles. The van der Waals surface area contributed by atoms with Gasteiger partial charge in [-0.3, -0.25) is 19.6 Å². The fraction of sp³-hybridized carbons (Fsp3) is 0.370. The van der Waals surface area contributed by atoms with Crippen LogP contribution in [0.4, 0.5) is 5.69 Å². The van der Waals surface area contributed by atoms with Crippen LogP contribution in [0, 0.1) is 6.92 Å². The molecule has 0 radical (unpaired) electrons. The summed E-state index contributed by atoms with van der Waals surface area (Å²) < 4.78 is 28.0. The van der Waals surface area contributed by atoms with E-state index in [9.17, 15) is 18.0 Å². The van der Waals surface area contributed by atoms with Crippen LogP contribution in [-0.4, -0.2) is 85.4 Å². The Morgan fingerprint density at radius 2 is 1.74 bits per heavy atom. The molecular weight excluding hydrogens is 540 g/mol. The van der Waals surface area contributed by atoms with Crippen molar-refractivity contribution in [3.05, 3.63) is 64.9 Å². The van der Waals surface area contributed by atoms with Crippen LogP contribution in [0.2, 0.25) is 5.02 Å². The molecule has 0 aliphatic carbocycles. The highest BCUT2D eigenvalue weighted by Gasteiger charge is 2.37. The number of hydrazine groups is 1. The molecule has 1 aromatic heterocycles. The zero-order chi connectivity index (χ0) is 27.9. The first kappa shape index (κ1) is 27.3. The second-order valence-corrected chi connectivity index (χ2v) is 12.3. The highest BCUT2D eigenvalue weighted by Crippen LogP contribution is 2.28. The Labute approximate surface area is 232 Å². The second kappa shape index (κ2) is 10.7. The molecule has 3 aromatic rings. The number of sulfonamides is 1. The van der Waals surface area contributed by atoms with Crippen LogP contribution in [-0.2, 0) is 14.8 Å². The number of nitrogens with zero attached hydrogens (tertiary/aromatic N) is 5. The number of anilines is 1. The lowest BCUT2D eigenvalue weighted by atomic mass is 10.0. The molecule has 10 nitrogen and oxygen atoms in total. The molecule has 2 amide bonds. The maximum atomic E-state index is 13.4. The van der Waals surface area contributed by atoms with Crippen molar-refractivity contribution in [1.82, 2.24) is 19.3 Å². The molecule has 0 spiro atoms. The van der Waals surface area contributed by atoms with Gasteiger partial charge in [-0.2, -0.15) is 4.31 Å². The number of carbonyl (C=O) groups is 2. The number of halogens is 1. The van der Waals surface area contributed by atoms with Crippen LogP contribution in [0.25, 0.3) is 10.8 Å². The van der Waals surface area contributed by atoms with E-state index in [4.69, 9.17) is 17.3 Å². The lowest BCUT2D eigenvalue weighted by Gasteiger charge is -2.45. The Balaban J connectivity index is 1.22. The average molecular weight is 571 g/mol. The number of nitrogens with two attached hydrogens (primary N) is 1. The normalized spacial score (nSPS) is 17.8. The molecule has 2 aromatic carbocycles. The Kier molecular flexibility index (Phi) is 7.51. The first-order chi connectivity index (χ1) is 18.6. The number of pyridine rings is 1. The van der Waals surface area contributed by atoms with Gasteiger partial charge in [-0.25, -0.2) is 13.4 Å². The lowest BCUT2D eigenvalue weighted by molar-refractivity contribution is -0.156. The monoisotopic (exact) mass is 570 g/mol. The molecule has 2 fully saturated rings. The summed E-state index contributed by atoms with van der Waals surface area (Å²) in [6, 6.07) is 12.2. The molecule has 39 heavy (non-hydrogen) atoms. The average Bonchev–Trinajstić information content (AvgIpc) is 2.92. The van der Waals surface area contributed by atoms with Crippen LogP contribution in [0.3, 0.4) is 0 Å². The Morgan fingerprint density at radius 1 is 1.05 bits per heavy atom. The highest BCUT2D eigenvalue weighted by atomic mass is 35.5. The standard InChI is InChI=1S/C27H31ClN6O4S/c1-18-24(7-10-30-26(18)27(29)36)32-11-8-22(9-12-32)31(2)34-14-13-33(17-25(34)35)39(37,38)23-6-4-19-15-21(28)5-3-20(19)16-23/h3-7,10,15-16,22H,8-9,11-14,17H2,1-2H3,(H2,29,36). The molecule has 0 saturated carbocycles. The smallest absolute Gasteiger partial charge is 0.267 e. The molecule has 2 saturated heterocycles. The van der Waals surface area contributed by atoms with Gasteiger partial charge in [-0.1, -0.05) is 23.7 Å². The Hall–Kier alpha value is -3.25. The molecule has 206 valence electrons. The van der Waals surface area contributed by atoms with Crippen molar-refractivity contribution < 1.29 is 18.0 Å². The summed E-state index contributed by atoms with van der Waals surface area (Å²) in [5.41, 5.74) is 7.43. The van der Waals surface area contributed by atoms with E-state index >= 15 is 0 Å². The summed E-state index contributed by atoms with van der Waals surface area (Å²) >= 11 is 6.05. The molecule has 2 aliphatic rings. The first-order valence-corrected chi connectivity index (χ1v) is 14.6. The largest absolute Gasteiger partial charge is 0.371 e. The number of aromatic nitrogens is 1. The number of hydrogen-bond donors (Lipinski definition) is 1. The van der Waals surface area contributed by atoms with Crippen LogP contribution in [0.15, 0.2) is 53.6 Å². The third-order valence-electron chi connectivity index (χ3n) is 7.70. The van der Waals surface area contributed by atoms with E-state index in [0.29, 0.717) is 5.02 Å². The van der Waals surface area contributed by atoms with Gasteiger partial charge in [0.15, 0.2) is 0 Å². The Bertz CT molecular complexity index is 1540. The molecular formula is C27H31ClN6O4S. The third-order valence-corrected chi connectivity index (χ3v) is 9.77. The zero-order valence-corrected chi connectivity index (χ0v) is 23.5. The molecule has 5 rings (SSSR count). The molecule has 12 heteroatoms. The van der Waals surface area contributed by atoms with Gasteiger partial charge < -0.3 is 10.6 Å². The number of piperidine rings is 1. The van der Waals surface area contributed by atoms with Gasteiger partial charge in [0.25, 0.3) is 11.8 Å². The molecule has 0 unspecified atom stereocenters. The van der Waals surface area contributed by atoms with Crippen LogP contribution >= 0.6 is 11.6 Å². The number of hydrogen-bond acceptors (Lipinski definition) is 7. The fourth-order valence-electron chi connectivity index (χ4n) is 5.48. The van der Waals surface area contributed by atoms with E-state index < -0.39 is 15.9 Å². The van der Waals surface area contributed by atoms with E-state index in [1.165, 1.54) is 4.31 Å². The van der Waals surface area contributed by atoms with E-state index in [0.717, 1.165) is 48.0 Å². The van der Waals surface area contributed by atoms with E-state index in [-0.39, 0.29) is 42.2 Å². The number of fused-ring (bicyclic) bond motifs is 1. The van der Waals surface area contributed by atoms with Crippen molar-refractivity contribution in [3.8, 4) is 0 Å². The topological polar surface area (TPSA) is 120 Å². The van der Waals surface area contributed by atoms with Crippen LogP contribution in [0.1, 0.15) is 28.9 Å². The van der Waals surface area contributed by atoms with Gasteiger partial charge >= 0.3 is 0 Å². The van der Waals surface area contributed by atoms with E-state index in [1.807, 2.05) is 25.0 Å². The quantitative estimate of drug-likeness (QED) is 0.484. The van der Waals surface area contributed by atoms with Gasteiger partial charge in [0, 0.05) is 55.2 Å². The molecule has 2 aliphatic heterocycles. The third kappa shape index (κ3) is 5.31. The predicted molar refractivity (Wildman–Crippen MR) is 150 cm³/mol. The van der Waals surface area contributed by atoms with Crippen molar-refractivity contribution in [3.63, 3.8) is 0 Å². The van der Waals surface area contributed by atoms with Crippen molar-refractivity contribution in [1.29, 1.82) is 0 Å². The summed E-state index contributed by atoms with van der Waals surface area (Å²) in [4.78, 5) is 31.3. The summed E-state index contributed by atoms with van der Waals surface area (Å²) in [5.74, 6) is -0.799. The predicted octanol–water partition coefficient (Wildman–Crippen LogP) is 2.64. The minimum Gasteiger partial charge on any atom is -0.371 e. The maximum Gasteiger partial charge on any atom is 0.267 e. The first-order valence-electron chi connectivity index (χ1n) is 12.8. The maximum absolute atomic E-state index is 13.4. The second-order valence-electron chi connectivity index (χ2n) is 9.97. The SMILES string of the molecule is Cc1c(N2CCC(N(C)N3CCN(S(=O)(=O)c4ccc5cc(Cl)ccc5c4)CC3=O)CC2)ccnc1C(N)=O. The summed E-state index contributed by atoms with van der Waals surface area (Å²) in [6.07, 6.45) is 3.20. The van der Waals surface area contributed by atoms with Crippen molar-refractivity contribution in [2.45, 2.75) is 30.7 Å². The fourth-order valence-corrected chi connectivity index (χ4v) is 7.08. The number of carbonyl (C=O) groups excluding carboxylic acids is 2. The number of rotatable bonds is 6. The minimum absolute atomic E-state index is 0.124. The molecule has 0 atom stereocenters. The molecule has 0 bridgehead atoms. The number of primary amides is 1. The summed E-state index contributed by atoms with van der Waals surface area (Å²) in [5, 5.41) is 5.82. The number of benzene rings is 2. The van der Waals surface area contributed by atoms with E-state index in [1.54, 1.807) is 47.6 Å². The van der Waals surface area contributed by atoms with Gasteiger partial charge in [0.05, 0.1) is 18.0 Å². The van der Waals surface area contributed by atoms with Crippen LogP contribution in [0.5, 0.6) is 0 Å². The van der Waals surface area contributed by atoms with E-state index in [2.05, 4.69) is 9.88 Å². The number of piperazine rings is 1. The van der Waals surface area contributed by atoms with Crippen molar-refractivity contribution >= 4 is 49.9 Å². The Morgan fingerprint density at radius 3 is 2.44 bits per heavy atom. The summed E-state index contributed by atoms with van der Waals surface area (Å²) in [6.45, 7) is 3.61. The van der Waals surface area contributed by atoms with Gasteiger partial charge in [-0.15, -0.1) is 0 Å². The van der Waals surface area contributed by atoms with Crippen molar-refractivity contribution in [2.75, 3.05) is 44.7 Å². The van der Waals surface area contributed by atoms with Gasteiger partial charge in [0.1, 0.15) is 5.69 Å². The van der Waals surface area contributed by atoms with Gasteiger partial charge in [-0.05, 0) is 60.9 Å². The van der Waals surface area contributed by atoms with Crippen LogP contribution < -0.4 is 10.6 Å². The molecule has 2 N–H and O–H groups in total. The summed E-state index contributed by atoms with van der Waals surface area (Å²) in [7, 11) is -1.94. The highest BCUT2D eigenvalue weighted by molar-refractivity contribution is 7.89. The van der Waals surface area contributed by atoms with Crippen molar-refractivity contribution in [2.24, 2.45) is 5.73 Å².